The molecule has 1 aromatic carbocycles. The van der Waals surface area contributed by atoms with Crippen LogP contribution in [0, 0.1) is 0 Å². The van der Waals surface area contributed by atoms with E-state index in [0.717, 1.165) is 32.0 Å². The summed E-state index contributed by atoms with van der Waals surface area (Å²) in [7, 11) is 0. The molecule has 0 bridgehead atoms. The summed E-state index contributed by atoms with van der Waals surface area (Å²) in [5.74, 6) is 1.04. The maximum Gasteiger partial charge on any atom is 0.137 e. The molecule has 0 radical (unpaired) electrons. The average Bonchev–Trinajstić information content (AvgIpc) is 2.85. The third-order valence-corrected chi connectivity index (χ3v) is 4.41. The van der Waals surface area contributed by atoms with Gasteiger partial charge in [0.15, 0.2) is 0 Å². The highest BCUT2D eigenvalue weighted by molar-refractivity contribution is 5.38. The summed E-state index contributed by atoms with van der Waals surface area (Å²) < 4.78 is 11.7. The lowest BCUT2D eigenvalue weighted by atomic mass is 10.1. The van der Waals surface area contributed by atoms with Crippen molar-refractivity contribution in [1.82, 2.24) is 0 Å². The van der Waals surface area contributed by atoms with Gasteiger partial charge in [-0.05, 0) is 56.4 Å². The van der Waals surface area contributed by atoms with E-state index in [0.29, 0.717) is 12.2 Å². The van der Waals surface area contributed by atoms with Gasteiger partial charge in [-0.25, -0.2) is 0 Å². The minimum Gasteiger partial charge on any atom is -0.488 e. The molecule has 110 valence electrons. The highest BCUT2D eigenvalue weighted by Gasteiger charge is 2.25. The largest absolute Gasteiger partial charge is 0.488 e. The summed E-state index contributed by atoms with van der Waals surface area (Å²) in [4.78, 5) is 1.59. The van der Waals surface area contributed by atoms with E-state index >= 15 is 0 Å². The molecule has 1 heterocycles. The first-order valence-corrected chi connectivity index (χ1v) is 7.94. The maximum absolute atomic E-state index is 5.94. The van der Waals surface area contributed by atoms with E-state index in [1.165, 1.54) is 30.4 Å². The van der Waals surface area contributed by atoms with Gasteiger partial charge >= 0.3 is 0 Å². The third-order valence-electron chi connectivity index (χ3n) is 4.41. The van der Waals surface area contributed by atoms with E-state index in [1.807, 2.05) is 0 Å². The van der Waals surface area contributed by atoms with Crippen LogP contribution < -0.4 is 9.64 Å². The molecule has 1 aliphatic heterocycles. The number of rotatable bonds is 4. The molecule has 2 aliphatic rings. The lowest BCUT2D eigenvalue weighted by Crippen LogP contribution is -3.16. The van der Waals surface area contributed by atoms with Crippen LogP contribution in [0.1, 0.15) is 31.4 Å². The molecule has 3 nitrogen and oxygen atoms in total. The van der Waals surface area contributed by atoms with Gasteiger partial charge in [0.1, 0.15) is 44.2 Å². The van der Waals surface area contributed by atoms with E-state index < -0.39 is 0 Å². The van der Waals surface area contributed by atoms with E-state index in [-0.39, 0.29) is 0 Å². The second kappa shape index (κ2) is 6.15. The van der Waals surface area contributed by atoms with Crippen LogP contribution in [-0.4, -0.2) is 38.4 Å². The number of benzene rings is 1. The van der Waals surface area contributed by atoms with Gasteiger partial charge in [-0.1, -0.05) is 6.07 Å². The molecule has 0 saturated carbocycles. The smallest absolute Gasteiger partial charge is 0.137 e. The van der Waals surface area contributed by atoms with Gasteiger partial charge in [-0.2, -0.15) is 0 Å². The standard InChI is InChI=1S/C17H25NO2/c1-13-11-18(12-14(2)20-13)8-9-19-17-7-6-15-4-3-5-16(15)10-17/h6-7,10,13-14H,3-5,8-9,11-12H2,1-2H3/p+1/t13-,14+. The van der Waals surface area contributed by atoms with Gasteiger partial charge in [-0.3, -0.25) is 0 Å². The topological polar surface area (TPSA) is 22.9 Å². The second-order valence-electron chi connectivity index (χ2n) is 6.30. The van der Waals surface area contributed by atoms with Crippen molar-refractivity contribution in [2.75, 3.05) is 26.2 Å². The van der Waals surface area contributed by atoms with E-state index in [4.69, 9.17) is 9.47 Å². The Morgan fingerprint density at radius 2 is 1.90 bits per heavy atom. The predicted octanol–water partition coefficient (Wildman–Crippen LogP) is 1.25. The normalized spacial score (nSPS) is 29.2. The van der Waals surface area contributed by atoms with E-state index in [1.54, 1.807) is 4.90 Å². The van der Waals surface area contributed by atoms with Crippen molar-refractivity contribution >= 4 is 0 Å². The van der Waals surface area contributed by atoms with Crippen LogP contribution in [0.15, 0.2) is 18.2 Å². The Labute approximate surface area is 121 Å². The Balaban J connectivity index is 1.48. The average molecular weight is 276 g/mol. The fourth-order valence-electron chi connectivity index (χ4n) is 3.54. The molecule has 1 aliphatic carbocycles. The molecule has 1 unspecified atom stereocenters. The first kappa shape index (κ1) is 13.9. The van der Waals surface area contributed by atoms with Crippen LogP contribution in [0.4, 0.5) is 0 Å². The number of quaternary nitrogens is 1. The van der Waals surface area contributed by atoms with Crippen LogP contribution in [0.5, 0.6) is 5.75 Å². The second-order valence-corrected chi connectivity index (χ2v) is 6.30. The lowest BCUT2D eigenvalue weighted by molar-refractivity contribution is -0.915. The zero-order valence-electron chi connectivity index (χ0n) is 12.7. The summed E-state index contributed by atoms with van der Waals surface area (Å²) in [6, 6.07) is 6.61. The van der Waals surface area contributed by atoms with Crippen LogP contribution in [0.2, 0.25) is 0 Å². The molecule has 3 atom stereocenters. The minimum atomic E-state index is 0.369. The van der Waals surface area contributed by atoms with Crippen LogP contribution in [-0.2, 0) is 17.6 Å². The summed E-state index contributed by atoms with van der Waals surface area (Å²) in [5, 5.41) is 0. The minimum absolute atomic E-state index is 0.369. The van der Waals surface area contributed by atoms with Crippen molar-refractivity contribution in [3.63, 3.8) is 0 Å². The van der Waals surface area contributed by atoms with Crippen molar-refractivity contribution in [3.05, 3.63) is 29.3 Å². The number of hydrogen-bond donors (Lipinski definition) is 1. The van der Waals surface area contributed by atoms with Crippen molar-refractivity contribution in [2.24, 2.45) is 0 Å². The van der Waals surface area contributed by atoms with Crippen molar-refractivity contribution in [3.8, 4) is 5.75 Å². The molecule has 0 aromatic heterocycles. The lowest BCUT2D eigenvalue weighted by Gasteiger charge is -2.32. The molecule has 0 amide bonds. The molecule has 20 heavy (non-hydrogen) atoms. The summed E-state index contributed by atoms with van der Waals surface area (Å²) >= 11 is 0. The number of aryl methyl sites for hydroxylation is 2. The molecule has 1 fully saturated rings. The number of nitrogens with one attached hydrogen (secondary N) is 1. The quantitative estimate of drug-likeness (QED) is 0.894. The van der Waals surface area contributed by atoms with Gasteiger partial charge in [0.2, 0.25) is 0 Å². The Hall–Kier alpha value is -1.06. The first-order valence-electron chi connectivity index (χ1n) is 7.94. The fraction of sp³-hybridized carbons (Fsp3) is 0.647. The van der Waals surface area contributed by atoms with Crippen molar-refractivity contribution in [1.29, 1.82) is 0 Å². The number of hydrogen-bond acceptors (Lipinski definition) is 2. The Morgan fingerprint density at radius 3 is 2.70 bits per heavy atom. The molecular weight excluding hydrogens is 250 g/mol. The van der Waals surface area contributed by atoms with Gasteiger partial charge < -0.3 is 14.4 Å². The van der Waals surface area contributed by atoms with E-state index in [9.17, 15) is 0 Å². The number of fused-ring (bicyclic) bond motifs is 1. The Kier molecular flexibility index (Phi) is 4.27. The Morgan fingerprint density at radius 1 is 1.15 bits per heavy atom. The molecule has 1 N–H and O–H groups in total. The SMILES string of the molecule is C[C@@H]1C[NH+](CCOc2ccc3c(c2)CCC3)C[C@H](C)O1. The summed E-state index contributed by atoms with van der Waals surface area (Å²) in [6.45, 7) is 8.38. The fourth-order valence-corrected chi connectivity index (χ4v) is 3.54. The van der Waals surface area contributed by atoms with Crippen LogP contribution in [0.25, 0.3) is 0 Å². The molecule has 1 aromatic rings. The number of morpholine rings is 1. The molecule has 3 heteroatoms. The van der Waals surface area contributed by atoms with Crippen LogP contribution in [0.3, 0.4) is 0 Å². The Bertz CT molecular complexity index is 450. The maximum atomic E-state index is 5.94. The molecule has 0 spiro atoms. The van der Waals surface area contributed by atoms with Gasteiger partial charge in [0, 0.05) is 0 Å². The van der Waals surface area contributed by atoms with Gasteiger partial charge in [0.05, 0.1) is 0 Å². The summed E-state index contributed by atoms with van der Waals surface area (Å²) in [6.07, 6.45) is 4.49. The third kappa shape index (κ3) is 3.33. The van der Waals surface area contributed by atoms with Crippen LogP contribution >= 0.6 is 0 Å². The monoisotopic (exact) mass is 276 g/mol. The van der Waals surface area contributed by atoms with Crippen molar-refractivity contribution < 1.29 is 14.4 Å². The predicted molar refractivity (Wildman–Crippen MR) is 79.5 cm³/mol. The van der Waals surface area contributed by atoms with Gasteiger partial charge in [-0.15, -0.1) is 0 Å². The number of ether oxygens (including phenoxy) is 2. The zero-order chi connectivity index (χ0) is 13.9. The molecule has 1 saturated heterocycles. The highest BCUT2D eigenvalue weighted by Crippen LogP contribution is 2.25. The highest BCUT2D eigenvalue weighted by atomic mass is 16.5. The summed E-state index contributed by atoms with van der Waals surface area (Å²) in [5.41, 5.74) is 3.00. The zero-order valence-corrected chi connectivity index (χ0v) is 12.7. The van der Waals surface area contributed by atoms with E-state index in [2.05, 4.69) is 32.0 Å². The molecule has 3 rings (SSSR count). The molecular formula is C17H26NO2+. The van der Waals surface area contributed by atoms with Gasteiger partial charge in [0.25, 0.3) is 0 Å². The van der Waals surface area contributed by atoms with Crippen molar-refractivity contribution in [2.45, 2.75) is 45.3 Å². The first-order chi connectivity index (χ1) is 9.70.